The van der Waals surface area contributed by atoms with E-state index in [0.29, 0.717) is 12.1 Å². The number of hydrogen-bond acceptors (Lipinski definition) is 4. The molecule has 0 saturated carbocycles. The van der Waals surface area contributed by atoms with Crippen molar-refractivity contribution in [1.29, 1.82) is 0 Å². The van der Waals surface area contributed by atoms with Gasteiger partial charge in [0.2, 0.25) is 5.91 Å². The summed E-state index contributed by atoms with van der Waals surface area (Å²) >= 11 is 0. The van der Waals surface area contributed by atoms with Crippen LogP contribution in [-0.4, -0.2) is 27.0 Å². The summed E-state index contributed by atoms with van der Waals surface area (Å²) in [6.07, 6.45) is -1.60. The molecule has 1 atom stereocenters. The molecule has 23 heavy (non-hydrogen) atoms. The van der Waals surface area contributed by atoms with Crippen LogP contribution in [0.4, 0.5) is 13.2 Å². The third-order valence-electron chi connectivity index (χ3n) is 3.03. The number of aryl methyl sites for hydroxylation is 1. The molecule has 0 spiro atoms. The number of rotatable bonds is 6. The standard InChI is InChI=1S/C14H15F3N4O2/c1-10(20-13(22)6-7-21-9-18-8-19-21)11-2-4-12(5-3-11)23-14(15,16)17/h2-5,8-10H,6-7H2,1H3,(H,20,22)/t10-/m1/s1. The largest absolute Gasteiger partial charge is 0.573 e. The number of amides is 1. The first kappa shape index (κ1) is 16.8. The number of nitrogens with zero attached hydrogens (tertiary/aromatic N) is 3. The summed E-state index contributed by atoms with van der Waals surface area (Å²) in [5.41, 5.74) is 0.675. The molecule has 1 aromatic heterocycles. The third kappa shape index (κ3) is 5.61. The number of halogens is 3. The molecule has 1 aromatic carbocycles. The number of aromatic nitrogens is 3. The fraction of sp³-hybridized carbons (Fsp3) is 0.357. The summed E-state index contributed by atoms with van der Waals surface area (Å²) < 4.78 is 41.6. The van der Waals surface area contributed by atoms with Crippen molar-refractivity contribution in [3.63, 3.8) is 0 Å². The zero-order valence-corrected chi connectivity index (χ0v) is 12.2. The van der Waals surface area contributed by atoms with Crippen LogP contribution in [0.1, 0.15) is 24.9 Å². The minimum atomic E-state index is -4.72. The van der Waals surface area contributed by atoms with Gasteiger partial charge >= 0.3 is 6.36 Å². The normalized spacial score (nSPS) is 12.7. The molecule has 1 heterocycles. The highest BCUT2D eigenvalue weighted by atomic mass is 19.4. The van der Waals surface area contributed by atoms with Crippen molar-refractivity contribution in [3.05, 3.63) is 42.5 Å². The zero-order chi connectivity index (χ0) is 16.9. The van der Waals surface area contributed by atoms with Gasteiger partial charge in [0, 0.05) is 6.42 Å². The predicted octanol–water partition coefficient (Wildman–Crippen LogP) is 2.44. The van der Waals surface area contributed by atoms with Gasteiger partial charge in [-0.05, 0) is 24.6 Å². The van der Waals surface area contributed by atoms with Crippen molar-refractivity contribution in [3.8, 4) is 5.75 Å². The van der Waals surface area contributed by atoms with E-state index in [0.717, 1.165) is 0 Å². The number of alkyl halides is 3. The lowest BCUT2D eigenvalue weighted by molar-refractivity contribution is -0.274. The molecule has 124 valence electrons. The maximum absolute atomic E-state index is 12.1. The maximum Gasteiger partial charge on any atom is 0.573 e. The van der Waals surface area contributed by atoms with Crippen LogP contribution in [0.25, 0.3) is 0 Å². The number of hydrogen-bond donors (Lipinski definition) is 1. The topological polar surface area (TPSA) is 69.0 Å². The Morgan fingerprint density at radius 2 is 2.04 bits per heavy atom. The molecular formula is C14H15F3N4O2. The first-order chi connectivity index (χ1) is 10.8. The number of carbonyl (C=O) groups is 1. The predicted molar refractivity (Wildman–Crippen MR) is 74.3 cm³/mol. The summed E-state index contributed by atoms with van der Waals surface area (Å²) in [6, 6.07) is 5.03. The third-order valence-corrected chi connectivity index (χ3v) is 3.03. The van der Waals surface area contributed by atoms with Gasteiger partial charge in [0.25, 0.3) is 0 Å². The van der Waals surface area contributed by atoms with E-state index < -0.39 is 6.36 Å². The molecule has 0 bridgehead atoms. The van der Waals surface area contributed by atoms with Gasteiger partial charge in [-0.3, -0.25) is 9.48 Å². The van der Waals surface area contributed by atoms with Crippen molar-refractivity contribution >= 4 is 5.91 Å². The Bertz CT molecular complexity index is 626. The summed E-state index contributed by atoms with van der Waals surface area (Å²) in [6.45, 7) is 2.14. The molecule has 2 aromatic rings. The van der Waals surface area contributed by atoms with E-state index in [9.17, 15) is 18.0 Å². The van der Waals surface area contributed by atoms with Gasteiger partial charge in [0.15, 0.2) is 0 Å². The molecule has 0 unspecified atom stereocenters. The van der Waals surface area contributed by atoms with E-state index >= 15 is 0 Å². The average molecular weight is 328 g/mol. The van der Waals surface area contributed by atoms with Crippen LogP contribution < -0.4 is 10.1 Å². The van der Waals surface area contributed by atoms with E-state index in [-0.39, 0.29) is 24.1 Å². The lowest BCUT2D eigenvalue weighted by Crippen LogP contribution is -2.27. The highest BCUT2D eigenvalue weighted by molar-refractivity contribution is 5.76. The van der Waals surface area contributed by atoms with E-state index in [1.165, 1.54) is 41.6 Å². The summed E-state index contributed by atoms with van der Waals surface area (Å²) in [4.78, 5) is 15.6. The van der Waals surface area contributed by atoms with Crippen molar-refractivity contribution in [2.24, 2.45) is 0 Å². The Hall–Kier alpha value is -2.58. The molecule has 6 nitrogen and oxygen atoms in total. The highest BCUT2D eigenvalue weighted by Crippen LogP contribution is 2.24. The Morgan fingerprint density at radius 3 is 2.61 bits per heavy atom. The van der Waals surface area contributed by atoms with Crippen molar-refractivity contribution < 1.29 is 22.7 Å². The Kier molecular flexibility index (Phi) is 5.20. The summed E-state index contributed by atoms with van der Waals surface area (Å²) in [5.74, 6) is -0.491. The van der Waals surface area contributed by atoms with E-state index in [2.05, 4.69) is 20.1 Å². The molecule has 1 N–H and O–H groups in total. The van der Waals surface area contributed by atoms with Gasteiger partial charge in [-0.25, -0.2) is 4.98 Å². The number of benzene rings is 1. The second-order valence-electron chi connectivity index (χ2n) is 4.81. The van der Waals surface area contributed by atoms with E-state index in [1.54, 1.807) is 6.92 Å². The minimum absolute atomic E-state index is 0.191. The molecule has 0 aliphatic carbocycles. The minimum Gasteiger partial charge on any atom is -0.406 e. The number of carbonyl (C=O) groups excluding carboxylic acids is 1. The van der Waals surface area contributed by atoms with Crippen LogP contribution in [0.15, 0.2) is 36.9 Å². The fourth-order valence-electron chi connectivity index (χ4n) is 1.92. The number of nitrogens with one attached hydrogen (secondary N) is 1. The molecule has 0 aliphatic rings. The zero-order valence-electron chi connectivity index (χ0n) is 12.2. The first-order valence-electron chi connectivity index (χ1n) is 6.81. The Labute approximate surface area is 130 Å². The molecule has 2 rings (SSSR count). The van der Waals surface area contributed by atoms with Gasteiger partial charge in [-0.2, -0.15) is 5.10 Å². The monoisotopic (exact) mass is 328 g/mol. The Morgan fingerprint density at radius 1 is 1.35 bits per heavy atom. The van der Waals surface area contributed by atoms with Gasteiger partial charge < -0.3 is 10.1 Å². The van der Waals surface area contributed by atoms with Crippen molar-refractivity contribution in [2.45, 2.75) is 32.3 Å². The second-order valence-corrected chi connectivity index (χ2v) is 4.81. The van der Waals surface area contributed by atoms with Crippen LogP contribution >= 0.6 is 0 Å². The van der Waals surface area contributed by atoms with Gasteiger partial charge in [0.1, 0.15) is 18.4 Å². The smallest absolute Gasteiger partial charge is 0.406 e. The van der Waals surface area contributed by atoms with E-state index in [1.807, 2.05) is 0 Å². The van der Waals surface area contributed by atoms with Crippen LogP contribution in [0.2, 0.25) is 0 Å². The van der Waals surface area contributed by atoms with Gasteiger partial charge in [0.05, 0.1) is 12.6 Å². The van der Waals surface area contributed by atoms with E-state index in [4.69, 9.17) is 0 Å². The SMILES string of the molecule is C[C@@H](NC(=O)CCn1cncn1)c1ccc(OC(F)(F)F)cc1. The van der Waals surface area contributed by atoms with Crippen LogP contribution in [0.5, 0.6) is 5.75 Å². The lowest BCUT2D eigenvalue weighted by atomic mass is 10.1. The summed E-state index contributed by atoms with van der Waals surface area (Å²) in [7, 11) is 0. The molecule has 0 saturated heterocycles. The van der Waals surface area contributed by atoms with Gasteiger partial charge in [-0.1, -0.05) is 12.1 Å². The number of ether oxygens (including phenoxy) is 1. The van der Waals surface area contributed by atoms with Crippen LogP contribution in [-0.2, 0) is 11.3 Å². The molecule has 9 heteroatoms. The molecular weight excluding hydrogens is 313 g/mol. The van der Waals surface area contributed by atoms with Crippen LogP contribution in [0, 0.1) is 0 Å². The fourth-order valence-corrected chi connectivity index (χ4v) is 1.92. The van der Waals surface area contributed by atoms with Crippen LogP contribution in [0.3, 0.4) is 0 Å². The summed E-state index contributed by atoms with van der Waals surface area (Å²) in [5, 5.41) is 6.65. The lowest BCUT2D eigenvalue weighted by Gasteiger charge is -2.15. The molecule has 0 radical (unpaired) electrons. The quantitative estimate of drug-likeness (QED) is 0.884. The average Bonchev–Trinajstić information content (AvgIpc) is 2.97. The van der Waals surface area contributed by atoms with Crippen molar-refractivity contribution in [2.75, 3.05) is 0 Å². The molecule has 0 aliphatic heterocycles. The molecule has 0 fully saturated rings. The maximum atomic E-state index is 12.1. The Balaban J connectivity index is 1.84. The second kappa shape index (κ2) is 7.12. The van der Waals surface area contributed by atoms with Gasteiger partial charge in [-0.15, -0.1) is 13.2 Å². The van der Waals surface area contributed by atoms with Crippen molar-refractivity contribution in [1.82, 2.24) is 20.1 Å². The highest BCUT2D eigenvalue weighted by Gasteiger charge is 2.31. The first-order valence-corrected chi connectivity index (χ1v) is 6.81. The molecule has 1 amide bonds.